The van der Waals surface area contributed by atoms with Crippen LogP contribution in [0.5, 0.6) is 0 Å². The van der Waals surface area contributed by atoms with Crippen molar-refractivity contribution in [3.8, 4) is 0 Å². The lowest BCUT2D eigenvalue weighted by Gasteiger charge is -2.37. The van der Waals surface area contributed by atoms with Crippen LogP contribution in [0.2, 0.25) is 0 Å². The average molecular weight is 252 g/mol. The van der Waals surface area contributed by atoms with Crippen molar-refractivity contribution >= 4 is 17.4 Å². The second-order valence-corrected chi connectivity index (χ2v) is 6.51. The molecule has 0 unspecified atom stereocenters. The molecular formula is C12H16N2O2S. The molecule has 5 heteroatoms. The van der Waals surface area contributed by atoms with E-state index in [4.69, 9.17) is 5.11 Å². The van der Waals surface area contributed by atoms with Gasteiger partial charge >= 0.3 is 6.09 Å². The van der Waals surface area contributed by atoms with Gasteiger partial charge in [0.15, 0.2) is 0 Å². The number of fused-ring (bicyclic) bond motifs is 1. The van der Waals surface area contributed by atoms with E-state index in [9.17, 15) is 4.79 Å². The van der Waals surface area contributed by atoms with Gasteiger partial charge in [0.05, 0.1) is 10.7 Å². The van der Waals surface area contributed by atoms with Gasteiger partial charge in [-0.05, 0) is 38.0 Å². The minimum atomic E-state index is -0.776. The van der Waals surface area contributed by atoms with Crippen LogP contribution in [0.15, 0.2) is 0 Å². The zero-order chi connectivity index (χ0) is 12.0. The molecular weight excluding hydrogens is 236 g/mol. The quantitative estimate of drug-likeness (QED) is 0.771. The zero-order valence-electron chi connectivity index (χ0n) is 9.90. The van der Waals surface area contributed by atoms with Crippen LogP contribution in [-0.2, 0) is 12.8 Å². The second kappa shape index (κ2) is 3.70. The largest absolute Gasteiger partial charge is 0.465 e. The van der Waals surface area contributed by atoms with Crippen LogP contribution in [-0.4, -0.2) is 34.2 Å². The molecule has 2 aliphatic rings. The Balaban J connectivity index is 1.72. The van der Waals surface area contributed by atoms with E-state index in [1.165, 1.54) is 15.5 Å². The van der Waals surface area contributed by atoms with Crippen molar-refractivity contribution in [2.75, 3.05) is 13.1 Å². The van der Waals surface area contributed by atoms with Gasteiger partial charge in [0, 0.05) is 18.0 Å². The van der Waals surface area contributed by atoms with Gasteiger partial charge in [-0.15, -0.1) is 11.3 Å². The van der Waals surface area contributed by atoms with E-state index in [0.29, 0.717) is 18.5 Å². The molecule has 4 nitrogen and oxygen atoms in total. The van der Waals surface area contributed by atoms with Gasteiger partial charge in [0.2, 0.25) is 0 Å². The molecule has 0 saturated carbocycles. The Morgan fingerprint density at radius 2 is 2.12 bits per heavy atom. The zero-order valence-corrected chi connectivity index (χ0v) is 10.7. The highest BCUT2D eigenvalue weighted by molar-refractivity contribution is 7.11. The summed E-state index contributed by atoms with van der Waals surface area (Å²) >= 11 is 1.81. The Morgan fingerprint density at radius 1 is 1.41 bits per heavy atom. The number of hydrogen-bond donors (Lipinski definition) is 1. The average Bonchev–Trinajstić information content (AvgIpc) is 2.72. The lowest BCUT2D eigenvalue weighted by Crippen LogP contribution is -2.43. The standard InChI is InChI=1S/C12H16N2O2S/c1-8-13-9-6-12(7-10(9)17-8)2-4-14(5-3-12)11(15)16/h2-7H2,1H3,(H,15,16). The lowest BCUT2D eigenvalue weighted by atomic mass is 9.76. The molecule has 1 aromatic heterocycles. The van der Waals surface area contributed by atoms with Crippen molar-refractivity contribution in [3.05, 3.63) is 15.6 Å². The van der Waals surface area contributed by atoms with Crippen molar-refractivity contribution < 1.29 is 9.90 Å². The molecule has 1 N–H and O–H groups in total. The van der Waals surface area contributed by atoms with Gasteiger partial charge in [-0.3, -0.25) is 0 Å². The molecule has 92 valence electrons. The van der Waals surface area contributed by atoms with E-state index in [1.807, 2.05) is 11.3 Å². The molecule has 1 fully saturated rings. The summed E-state index contributed by atoms with van der Waals surface area (Å²) in [5.74, 6) is 0. The third-order valence-corrected chi connectivity index (χ3v) is 5.07. The SMILES string of the molecule is Cc1nc2c(s1)CC1(CCN(C(=O)O)CC1)C2. The first-order valence-electron chi connectivity index (χ1n) is 6.01. The first-order chi connectivity index (χ1) is 8.08. The van der Waals surface area contributed by atoms with E-state index < -0.39 is 6.09 Å². The van der Waals surface area contributed by atoms with E-state index >= 15 is 0 Å². The van der Waals surface area contributed by atoms with Crippen LogP contribution in [0, 0.1) is 12.3 Å². The number of amides is 1. The van der Waals surface area contributed by atoms with E-state index in [0.717, 1.165) is 30.7 Å². The second-order valence-electron chi connectivity index (χ2n) is 5.23. The van der Waals surface area contributed by atoms with Crippen LogP contribution < -0.4 is 0 Å². The topological polar surface area (TPSA) is 53.4 Å². The summed E-state index contributed by atoms with van der Waals surface area (Å²) in [5.41, 5.74) is 1.59. The molecule has 1 saturated heterocycles. The van der Waals surface area contributed by atoms with Crippen LogP contribution in [0.25, 0.3) is 0 Å². The summed E-state index contributed by atoms with van der Waals surface area (Å²) < 4.78 is 0. The summed E-state index contributed by atoms with van der Waals surface area (Å²) in [7, 11) is 0. The van der Waals surface area contributed by atoms with E-state index in [2.05, 4.69) is 11.9 Å². The minimum absolute atomic E-state index is 0.313. The maximum atomic E-state index is 10.9. The van der Waals surface area contributed by atoms with Gasteiger partial charge in [-0.2, -0.15) is 0 Å². The first kappa shape index (κ1) is 11.0. The normalized spacial score (nSPS) is 21.8. The number of rotatable bonds is 0. The molecule has 0 radical (unpaired) electrons. The monoisotopic (exact) mass is 252 g/mol. The number of aromatic nitrogens is 1. The highest BCUT2D eigenvalue weighted by Gasteiger charge is 2.42. The van der Waals surface area contributed by atoms with Gasteiger partial charge in [-0.25, -0.2) is 9.78 Å². The van der Waals surface area contributed by atoms with Gasteiger partial charge < -0.3 is 10.0 Å². The predicted octanol–water partition coefficient (Wildman–Crippen LogP) is 2.31. The fourth-order valence-corrected chi connectivity index (χ4v) is 4.20. The number of hydrogen-bond acceptors (Lipinski definition) is 3. The van der Waals surface area contributed by atoms with Crippen molar-refractivity contribution in [2.24, 2.45) is 5.41 Å². The van der Waals surface area contributed by atoms with Crippen LogP contribution in [0.4, 0.5) is 4.79 Å². The fourth-order valence-electron chi connectivity index (χ4n) is 3.07. The van der Waals surface area contributed by atoms with Crippen molar-refractivity contribution in [3.63, 3.8) is 0 Å². The predicted molar refractivity (Wildman–Crippen MR) is 65.5 cm³/mol. The summed E-state index contributed by atoms with van der Waals surface area (Å²) in [5, 5.41) is 10.1. The maximum absolute atomic E-state index is 10.9. The van der Waals surface area contributed by atoms with Gasteiger partial charge in [0.1, 0.15) is 0 Å². The Hall–Kier alpha value is -1.10. The number of carbonyl (C=O) groups is 1. The number of thiazole rings is 1. The smallest absolute Gasteiger partial charge is 0.407 e. The van der Waals surface area contributed by atoms with Crippen molar-refractivity contribution in [1.82, 2.24) is 9.88 Å². The molecule has 17 heavy (non-hydrogen) atoms. The third-order valence-electron chi connectivity index (χ3n) is 4.06. The van der Waals surface area contributed by atoms with Crippen molar-refractivity contribution in [1.29, 1.82) is 0 Å². The Kier molecular flexibility index (Phi) is 2.40. The molecule has 0 aromatic carbocycles. The molecule has 1 amide bonds. The lowest BCUT2D eigenvalue weighted by molar-refractivity contribution is 0.0937. The van der Waals surface area contributed by atoms with E-state index in [1.54, 1.807) is 0 Å². The molecule has 1 aliphatic heterocycles. The molecule has 1 spiro atoms. The number of piperidine rings is 1. The highest BCUT2D eigenvalue weighted by Crippen LogP contribution is 2.46. The van der Waals surface area contributed by atoms with Gasteiger partial charge in [-0.1, -0.05) is 0 Å². The highest BCUT2D eigenvalue weighted by atomic mass is 32.1. The number of carboxylic acid groups (broad SMARTS) is 1. The molecule has 1 aliphatic carbocycles. The maximum Gasteiger partial charge on any atom is 0.407 e. The minimum Gasteiger partial charge on any atom is -0.465 e. The number of likely N-dealkylation sites (tertiary alicyclic amines) is 1. The number of aryl methyl sites for hydroxylation is 1. The molecule has 2 heterocycles. The molecule has 3 rings (SSSR count). The van der Waals surface area contributed by atoms with Crippen molar-refractivity contribution in [2.45, 2.75) is 32.6 Å². The van der Waals surface area contributed by atoms with Crippen LogP contribution in [0.1, 0.15) is 28.4 Å². The Bertz CT molecular complexity index is 436. The summed E-state index contributed by atoms with van der Waals surface area (Å²) in [6.45, 7) is 3.43. The molecule has 0 bridgehead atoms. The summed E-state index contributed by atoms with van der Waals surface area (Å²) in [4.78, 5) is 18.4. The fraction of sp³-hybridized carbons (Fsp3) is 0.667. The molecule has 1 aromatic rings. The van der Waals surface area contributed by atoms with Gasteiger partial charge in [0.25, 0.3) is 0 Å². The summed E-state index contributed by atoms with van der Waals surface area (Å²) in [6.07, 6.45) is 3.37. The third kappa shape index (κ3) is 1.82. The Morgan fingerprint density at radius 3 is 2.71 bits per heavy atom. The van der Waals surface area contributed by atoms with Crippen LogP contribution in [0.3, 0.4) is 0 Å². The first-order valence-corrected chi connectivity index (χ1v) is 6.83. The Labute approximate surface area is 104 Å². The van der Waals surface area contributed by atoms with E-state index in [-0.39, 0.29) is 0 Å². The molecule has 0 atom stereocenters. The number of nitrogens with zero attached hydrogens (tertiary/aromatic N) is 2. The van der Waals surface area contributed by atoms with Crippen LogP contribution >= 0.6 is 11.3 Å². The summed E-state index contributed by atoms with van der Waals surface area (Å²) in [6, 6.07) is 0.